The maximum atomic E-state index is 13.3. The van der Waals surface area contributed by atoms with E-state index >= 15 is 0 Å². The standard InChI is InChI=1S/C17H20ClFN4O3/c1-10(8-14-15(24)21-17(26)20-14)16(25)23-6-4-22(5-7-23)11-2-3-13(19)12(18)9-11/h2-3,9-10,14H,4-8H2,1H3,(H2,20,21,24,26). The molecule has 2 unspecified atom stereocenters. The van der Waals surface area contributed by atoms with Gasteiger partial charge in [0.2, 0.25) is 5.91 Å². The van der Waals surface area contributed by atoms with Gasteiger partial charge in [-0.05, 0) is 24.6 Å². The Hall–Kier alpha value is -2.35. The largest absolute Gasteiger partial charge is 0.368 e. The Morgan fingerprint density at radius 1 is 1.31 bits per heavy atom. The second-order valence-corrected chi connectivity index (χ2v) is 6.97. The van der Waals surface area contributed by atoms with Crippen LogP contribution in [0.15, 0.2) is 18.2 Å². The van der Waals surface area contributed by atoms with Crippen LogP contribution in [-0.4, -0.2) is 55.0 Å². The Labute approximate surface area is 155 Å². The van der Waals surface area contributed by atoms with Gasteiger partial charge in [0, 0.05) is 37.8 Å². The number of hydrogen-bond donors (Lipinski definition) is 2. The van der Waals surface area contributed by atoms with Crippen molar-refractivity contribution in [3.8, 4) is 0 Å². The molecule has 2 fully saturated rings. The van der Waals surface area contributed by atoms with Gasteiger partial charge in [-0.3, -0.25) is 14.9 Å². The first-order valence-corrected chi connectivity index (χ1v) is 8.83. The van der Waals surface area contributed by atoms with Crippen LogP contribution in [0, 0.1) is 11.7 Å². The van der Waals surface area contributed by atoms with E-state index in [4.69, 9.17) is 11.6 Å². The molecule has 2 aliphatic heterocycles. The van der Waals surface area contributed by atoms with Crippen molar-refractivity contribution in [1.82, 2.24) is 15.5 Å². The number of anilines is 1. The summed E-state index contributed by atoms with van der Waals surface area (Å²) in [6.45, 7) is 4.04. The van der Waals surface area contributed by atoms with Crippen molar-refractivity contribution >= 4 is 35.1 Å². The number of halogens is 2. The minimum Gasteiger partial charge on any atom is -0.368 e. The lowest BCUT2D eigenvalue weighted by molar-refractivity contribution is -0.135. The average Bonchev–Trinajstić information content (AvgIpc) is 2.94. The van der Waals surface area contributed by atoms with Crippen molar-refractivity contribution in [2.24, 2.45) is 5.92 Å². The predicted molar refractivity (Wildman–Crippen MR) is 94.4 cm³/mol. The molecule has 9 heteroatoms. The van der Waals surface area contributed by atoms with E-state index in [1.165, 1.54) is 6.07 Å². The van der Waals surface area contributed by atoms with Crippen LogP contribution in [-0.2, 0) is 9.59 Å². The van der Waals surface area contributed by atoms with Gasteiger partial charge in [0.05, 0.1) is 5.02 Å². The SMILES string of the molecule is CC(CC1NC(=O)NC1=O)C(=O)N1CCN(c2ccc(F)c(Cl)c2)CC1. The van der Waals surface area contributed by atoms with E-state index in [1.807, 2.05) is 4.90 Å². The van der Waals surface area contributed by atoms with E-state index in [0.717, 1.165) is 5.69 Å². The smallest absolute Gasteiger partial charge is 0.322 e. The van der Waals surface area contributed by atoms with Gasteiger partial charge < -0.3 is 15.1 Å². The zero-order chi connectivity index (χ0) is 18.8. The van der Waals surface area contributed by atoms with Crippen LogP contribution >= 0.6 is 11.6 Å². The van der Waals surface area contributed by atoms with E-state index in [0.29, 0.717) is 26.2 Å². The molecule has 0 radical (unpaired) electrons. The molecule has 0 aliphatic carbocycles. The van der Waals surface area contributed by atoms with Gasteiger partial charge >= 0.3 is 6.03 Å². The first kappa shape index (κ1) is 18.4. The average molecular weight is 383 g/mol. The summed E-state index contributed by atoms with van der Waals surface area (Å²) < 4.78 is 13.3. The molecule has 0 aromatic heterocycles. The number of amides is 4. The number of carbonyl (C=O) groups excluding carboxylic acids is 3. The van der Waals surface area contributed by atoms with Crippen LogP contribution in [0.25, 0.3) is 0 Å². The molecule has 1 aromatic carbocycles. The number of rotatable bonds is 4. The molecule has 4 amide bonds. The lowest BCUT2D eigenvalue weighted by Gasteiger charge is -2.37. The highest BCUT2D eigenvalue weighted by Gasteiger charge is 2.34. The zero-order valence-corrected chi connectivity index (χ0v) is 15.1. The molecule has 3 rings (SSSR count). The van der Waals surface area contributed by atoms with Crippen molar-refractivity contribution in [2.45, 2.75) is 19.4 Å². The Morgan fingerprint density at radius 2 is 2.00 bits per heavy atom. The van der Waals surface area contributed by atoms with Gasteiger partial charge in [0.1, 0.15) is 11.9 Å². The van der Waals surface area contributed by atoms with Crippen LogP contribution in [0.1, 0.15) is 13.3 Å². The number of imide groups is 1. The first-order valence-electron chi connectivity index (χ1n) is 8.45. The third kappa shape index (κ3) is 3.90. The number of urea groups is 1. The summed E-state index contributed by atoms with van der Waals surface area (Å²) in [4.78, 5) is 39.2. The molecular formula is C17H20ClFN4O3. The maximum Gasteiger partial charge on any atom is 0.322 e. The number of carbonyl (C=O) groups is 3. The van der Waals surface area contributed by atoms with Gasteiger partial charge in [-0.1, -0.05) is 18.5 Å². The van der Waals surface area contributed by atoms with E-state index < -0.39 is 23.8 Å². The van der Waals surface area contributed by atoms with Crippen LogP contribution in [0.5, 0.6) is 0 Å². The van der Waals surface area contributed by atoms with Gasteiger partial charge in [0.15, 0.2) is 0 Å². The fraction of sp³-hybridized carbons (Fsp3) is 0.471. The van der Waals surface area contributed by atoms with E-state index in [-0.39, 0.29) is 23.3 Å². The molecule has 0 bridgehead atoms. The second-order valence-electron chi connectivity index (χ2n) is 6.56. The Bertz CT molecular complexity index is 737. The van der Waals surface area contributed by atoms with Gasteiger partial charge in [-0.2, -0.15) is 0 Å². The van der Waals surface area contributed by atoms with E-state index in [9.17, 15) is 18.8 Å². The maximum absolute atomic E-state index is 13.3. The second kappa shape index (κ2) is 7.49. The fourth-order valence-corrected chi connectivity index (χ4v) is 3.43. The molecule has 140 valence electrons. The van der Waals surface area contributed by atoms with Crippen LogP contribution in [0.4, 0.5) is 14.9 Å². The number of piperazine rings is 1. The Balaban J connectivity index is 1.53. The molecule has 1 aromatic rings. The van der Waals surface area contributed by atoms with Gasteiger partial charge in [-0.15, -0.1) is 0 Å². The van der Waals surface area contributed by atoms with E-state index in [1.54, 1.807) is 24.0 Å². The highest BCUT2D eigenvalue weighted by Crippen LogP contribution is 2.24. The molecule has 2 aliphatic rings. The minimum absolute atomic E-state index is 0.0456. The minimum atomic E-state index is -0.663. The van der Waals surface area contributed by atoms with Crippen LogP contribution in [0.2, 0.25) is 5.02 Å². The number of hydrogen-bond acceptors (Lipinski definition) is 4. The number of nitrogens with zero attached hydrogens (tertiary/aromatic N) is 2. The topological polar surface area (TPSA) is 81.8 Å². The molecule has 2 N–H and O–H groups in total. The molecule has 7 nitrogen and oxygen atoms in total. The molecule has 0 saturated carbocycles. The summed E-state index contributed by atoms with van der Waals surface area (Å²) in [6, 6.07) is 3.40. The highest BCUT2D eigenvalue weighted by atomic mass is 35.5. The first-order chi connectivity index (χ1) is 12.3. The Morgan fingerprint density at radius 3 is 2.58 bits per heavy atom. The lowest BCUT2D eigenvalue weighted by atomic mass is 10.00. The lowest BCUT2D eigenvalue weighted by Crippen LogP contribution is -2.50. The van der Waals surface area contributed by atoms with Crippen molar-refractivity contribution < 1.29 is 18.8 Å². The molecule has 2 heterocycles. The zero-order valence-electron chi connectivity index (χ0n) is 14.3. The van der Waals surface area contributed by atoms with Crippen molar-refractivity contribution in [1.29, 1.82) is 0 Å². The summed E-state index contributed by atoms with van der Waals surface area (Å²) in [7, 11) is 0. The third-order valence-electron chi connectivity index (χ3n) is 4.73. The molecule has 0 spiro atoms. The molecule has 2 atom stereocenters. The van der Waals surface area contributed by atoms with Gasteiger partial charge in [0.25, 0.3) is 5.91 Å². The summed E-state index contributed by atoms with van der Waals surface area (Å²) in [5.74, 6) is -1.28. The summed E-state index contributed by atoms with van der Waals surface area (Å²) in [5.41, 5.74) is 0.821. The number of nitrogens with one attached hydrogen (secondary N) is 2. The quantitative estimate of drug-likeness (QED) is 0.770. The van der Waals surface area contributed by atoms with Crippen LogP contribution in [0.3, 0.4) is 0 Å². The van der Waals surface area contributed by atoms with Gasteiger partial charge in [-0.25, -0.2) is 9.18 Å². The number of benzene rings is 1. The summed E-state index contributed by atoms with van der Waals surface area (Å²) in [5, 5.41) is 4.75. The monoisotopic (exact) mass is 382 g/mol. The molecule has 2 saturated heterocycles. The van der Waals surface area contributed by atoms with E-state index in [2.05, 4.69) is 10.6 Å². The van der Waals surface area contributed by atoms with Crippen molar-refractivity contribution in [3.63, 3.8) is 0 Å². The predicted octanol–water partition coefficient (Wildman–Crippen LogP) is 1.36. The summed E-state index contributed by atoms with van der Waals surface area (Å²) in [6.07, 6.45) is 0.268. The fourth-order valence-electron chi connectivity index (χ4n) is 3.26. The molecular weight excluding hydrogens is 363 g/mol. The third-order valence-corrected chi connectivity index (χ3v) is 5.02. The molecule has 26 heavy (non-hydrogen) atoms. The highest BCUT2D eigenvalue weighted by molar-refractivity contribution is 6.31. The van der Waals surface area contributed by atoms with Crippen molar-refractivity contribution in [2.75, 3.05) is 31.1 Å². The van der Waals surface area contributed by atoms with Crippen LogP contribution < -0.4 is 15.5 Å². The normalized spacial score (nSPS) is 21.4. The Kier molecular flexibility index (Phi) is 5.31. The van der Waals surface area contributed by atoms with Crippen molar-refractivity contribution in [3.05, 3.63) is 29.0 Å². The summed E-state index contributed by atoms with van der Waals surface area (Å²) >= 11 is 5.83.